The van der Waals surface area contributed by atoms with Gasteiger partial charge in [0.25, 0.3) is 0 Å². The molecule has 2 aromatic heterocycles. The number of amides is 2. The zero-order chi connectivity index (χ0) is 25.9. The smallest absolute Gasteiger partial charge is 0.320 e. The van der Waals surface area contributed by atoms with E-state index in [-0.39, 0.29) is 18.0 Å². The standard InChI is InChI=1S/C27H29ClN6O2/c1-17-10-12-20(13-11-17)34-23(14-22(33-34)27(3,4)5)32-26(35)29-15-19-8-6-7-9-21(19)36-25-18(2)24(28)30-16-31-25/h6-14,16H,15H2,1-5H3,(H2,29,32,35). The molecule has 9 heteroatoms. The largest absolute Gasteiger partial charge is 0.438 e. The third-order valence-electron chi connectivity index (χ3n) is 5.59. The number of hydrogen-bond acceptors (Lipinski definition) is 5. The summed E-state index contributed by atoms with van der Waals surface area (Å²) >= 11 is 6.09. The predicted molar refractivity (Wildman–Crippen MR) is 141 cm³/mol. The molecule has 2 amide bonds. The minimum Gasteiger partial charge on any atom is -0.438 e. The van der Waals surface area contributed by atoms with E-state index in [0.29, 0.717) is 28.2 Å². The molecule has 0 saturated heterocycles. The lowest BCUT2D eigenvalue weighted by Gasteiger charge is -2.14. The second kappa shape index (κ2) is 10.4. The summed E-state index contributed by atoms with van der Waals surface area (Å²) in [4.78, 5) is 21.0. The molecule has 0 spiro atoms. The van der Waals surface area contributed by atoms with E-state index in [9.17, 15) is 4.79 Å². The molecule has 186 valence electrons. The van der Waals surface area contributed by atoms with Crippen molar-refractivity contribution < 1.29 is 9.53 Å². The van der Waals surface area contributed by atoms with Crippen LogP contribution in [0.15, 0.2) is 60.9 Å². The number of carbonyl (C=O) groups is 1. The van der Waals surface area contributed by atoms with Crippen LogP contribution in [0.1, 0.15) is 43.2 Å². The summed E-state index contributed by atoms with van der Waals surface area (Å²) in [5.41, 5.74) is 4.12. The average Bonchev–Trinajstić information content (AvgIpc) is 3.26. The number of nitrogens with zero attached hydrogens (tertiary/aromatic N) is 4. The molecular weight excluding hydrogens is 476 g/mol. The van der Waals surface area contributed by atoms with E-state index >= 15 is 0 Å². The van der Waals surface area contributed by atoms with Gasteiger partial charge in [0.05, 0.1) is 11.4 Å². The number of hydrogen-bond donors (Lipinski definition) is 2. The number of halogens is 1. The minimum absolute atomic E-state index is 0.179. The van der Waals surface area contributed by atoms with Gasteiger partial charge in [0, 0.05) is 29.2 Å². The number of nitrogens with one attached hydrogen (secondary N) is 2. The van der Waals surface area contributed by atoms with E-state index in [1.54, 1.807) is 11.6 Å². The van der Waals surface area contributed by atoms with Gasteiger partial charge >= 0.3 is 6.03 Å². The maximum absolute atomic E-state index is 12.9. The summed E-state index contributed by atoms with van der Waals surface area (Å²) in [5, 5.41) is 10.9. The van der Waals surface area contributed by atoms with Gasteiger partial charge in [0.2, 0.25) is 5.88 Å². The number of anilines is 1. The molecule has 0 atom stereocenters. The molecule has 0 bridgehead atoms. The third-order valence-corrected chi connectivity index (χ3v) is 5.97. The summed E-state index contributed by atoms with van der Waals surface area (Å²) in [6.07, 6.45) is 1.35. The van der Waals surface area contributed by atoms with Crippen molar-refractivity contribution in [1.82, 2.24) is 25.1 Å². The molecule has 2 aromatic carbocycles. The van der Waals surface area contributed by atoms with Crippen LogP contribution in [0.3, 0.4) is 0 Å². The lowest BCUT2D eigenvalue weighted by Crippen LogP contribution is -2.29. The second-order valence-corrected chi connectivity index (χ2v) is 9.88. The Morgan fingerprint density at radius 2 is 1.78 bits per heavy atom. The number of ether oxygens (including phenoxy) is 1. The molecule has 0 fully saturated rings. The Labute approximate surface area is 215 Å². The molecule has 0 unspecified atom stereocenters. The average molecular weight is 505 g/mol. The highest BCUT2D eigenvalue weighted by molar-refractivity contribution is 6.30. The zero-order valence-corrected chi connectivity index (χ0v) is 21.7. The van der Waals surface area contributed by atoms with Gasteiger partial charge in [-0.05, 0) is 32.0 Å². The maximum atomic E-state index is 12.9. The number of urea groups is 1. The first-order valence-electron chi connectivity index (χ1n) is 11.6. The highest BCUT2D eigenvalue weighted by Crippen LogP contribution is 2.29. The van der Waals surface area contributed by atoms with Gasteiger partial charge in [-0.1, -0.05) is 68.3 Å². The first-order valence-corrected chi connectivity index (χ1v) is 11.9. The third kappa shape index (κ3) is 5.83. The van der Waals surface area contributed by atoms with E-state index in [1.807, 2.05) is 61.5 Å². The number of aromatic nitrogens is 4. The first kappa shape index (κ1) is 25.2. The normalized spacial score (nSPS) is 11.3. The topological polar surface area (TPSA) is 94.0 Å². The van der Waals surface area contributed by atoms with Crippen LogP contribution in [0.4, 0.5) is 10.6 Å². The van der Waals surface area contributed by atoms with Crippen molar-refractivity contribution in [2.75, 3.05) is 5.32 Å². The lowest BCUT2D eigenvalue weighted by atomic mass is 9.92. The van der Waals surface area contributed by atoms with Crippen molar-refractivity contribution in [3.8, 4) is 17.3 Å². The summed E-state index contributed by atoms with van der Waals surface area (Å²) in [6.45, 7) is 10.3. The second-order valence-electron chi connectivity index (χ2n) is 9.52. The van der Waals surface area contributed by atoms with Gasteiger partial charge in [-0.25, -0.2) is 19.4 Å². The Morgan fingerprint density at radius 1 is 1.06 bits per heavy atom. The van der Waals surface area contributed by atoms with Crippen molar-refractivity contribution in [3.05, 3.63) is 88.5 Å². The molecule has 0 radical (unpaired) electrons. The molecule has 8 nitrogen and oxygen atoms in total. The van der Waals surface area contributed by atoms with Crippen LogP contribution in [0.5, 0.6) is 11.6 Å². The van der Waals surface area contributed by atoms with Crippen LogP contribution in [-0.4, -0.2) is 25.8 Å². The van der Waals surface area contributed by atoms with Gasteiger partial charge in [-0.3, -0.25) is 5.32 Å². The number of carbonyl (C=O) groups excluding carboxylic acids is 1. The SMILES string of the molecule is Cc1ccc(-n2nc(C(C)(C)C)cc2NC(=O)NCc2ccccc2Oc2ncnc(Cl)c2C)cc1. The summed E-state index contributed by atoms with van der Waals surface area (Å²) in [5.74, 6) is 1.51. The monoisotopic (exact) mass is 504 g/mol. The van der Waals surface area contributed by atoms with Crippen molar-refractivity contribution >= 4 is 23.4 Å². The number of benzene rings is 2. The molecule has 0 saturated carbocycles. The molecule has 4 rings (SSSR count). The quantitative estimate of drug-likeness (QED) is 0.298. The van der Waals surface area contributed by atoms with Crippen LogP contribution in [-0.2, 0) is 12.0 Å². The zero-order valence-electron chi connectivity index (χ0n) is 21.0. The van der Waals surface area contributed by atoms with Crippen LogP contribution < -0.4 is 15.4 Å². The molecule has 0 aliphatic heterocycles. The first-order chi connectivity index (χ1) is 17.1. The number of para-hydroxylation sites is 1. The van der Waals surface area contributed by atoms with Gasteiger partial charge in [0.1, 0.15) is 23.0 Å². The van der Waals surface area contributed by atoms with E-state index in [4.69, 9.17) is 21.4 Å². The fourth-order valence-electron chi connectivity index (χ4n) is 3.43. The highest BCUT2D eigenvalue weighted by Gasteiger charge is 2.21. The lowest BCUT2D eigenvalue weighted by molar-refractivity contribution is 0.251. The number of rotatable bonds is 6. The Hall–Kier alpha value is -3.91. The summed E-state index contributed by atoms with van der Waals surface area (Å²) in [7, 11) is 0. The van der Waals surface area contributed by atoms with Crippen molar-refractivity contribution in [2.45, 2.75) is 46.6 Å². The summed E-state index contributed by atoms with van der Waals surface area (Å²) in [6, 6.07) is 16.9. The Balaban J connectivity index is 1.51. The Bertz CT molecular complexity index is 1380. The molecule has 36 heavy (non-hydrogen) atoms. The van der Waals surface area contributed by atoms with E-state index in [1.165, 1.54) is 6.33 Å². The summed E-state index contributed by atoms with van der Waals surface area (Å²) < 4.78 is 7.73. The number of aryl methyl sites for hydroxylation is 1. The van der Waals surface area contributed by atoms with Gasteiger partial charge < -0.3 is 10.1 Å². The molecule has 4 aromatic rings. The minimum atomic E-state index is -0.361. The maximum Gasteiger partial charge on any atom is 0.320 e. The van der Waals surface area contributed by atoms with E-state index < -0.39 is 0 Å². The molecular formula is C27H29ClN6O2. The molecule has 0 aliphatic carbocycles. The van der Waals surface area contributed by atoms with Crippen LogP contribution in [0, 0.1) is 13.8 Å². The Morgan fingerprint density at radius 3 is 2.50 bits per heavy atom. The Kier molecular flexibility index (Phi) is 7.26. The van der Waals surface area contributed by atoms with Gasteiger partial charge in [-0.15, -0.1) is 0 Å². The van der Waals surface area contributed by atoms with Gasteiger partial charge in [-0.2, -0.15) is 5.10 Å². The van der Waals surface area contributed by atoms with Gasteiger partial charge in [0.15, 0.2) is 0 Å². The van der Waals surface area contributed by atoms with E-state index in [0.717, 1.165) is 22.5 Å². The highest BCUT2D eigenvalue weighted by atomic mass is 35.5. The molecule has 2 heterocycles. The van der Waals surface area contributed by atoms with Crippen LogP contribution in [0.2, 0.25) is 5.15 Å². The predicted octanol–water partition coefficient (Wildman–Crippen LogP) is 6.34. The molecule has 0 aliphatic rings. The molecule has 2 N–H and O–H groups in total. The fraction of sp³-hybridized carbons (Fsp3) is 0.259. The van der Waals surface area contributed by atoms with Crippen molar-refractivity contribution in [3.63, 3.8) is 0 Å². The van der Waals surface area contributed by atoms with E-state index in [2.05, 4.69) is 41.4 Å². The fourth-order valence-corrected chi connectivity index (χ4v) is 3.55. The van der Waals surface area contributed by atoms with Crippen LogP contribution >= 0.6 is 11.6 Å². The van der Waals surface area contributed by atoms with Crippen LogP contribution in [0.25, 0.3) is 5.69 Å². The van der Waals surface area contributed by atoms with Crippen molar-refractivity contribution in [2.24, 2.45) is 0 Å². The van der Waals surface area contributed by atoms with Crippen molar-refractivity contribution in [1.29, 1.82) is 0 Å².